The Morgan fingerprint density at radius 2 is 1.89 bits per heavy atom. The zero-order valence-electron chi connectivity index (χ0n) is 16.6. The Labute approximate surface area is 161 Å². The van der Waals surface area contributed by atoms with Crippen molar-refractivity contribution in [1.82, 2.24) is 30.3 Å². The van der Waals surface area contributed by atoms with Gasteiger partial charge in [-0.1, -0.05) is 30.3 Å². The van der Waals surface area contributed by atoms with Crippen molar-refractivity contribution in [1.29, 1.82) is 0 Å². The normalized spacial score (nSPS) is 16.5. The molecule has 0 amide bonds. The highest BCUT2D eigenvalue weighted by Gasteiger charge is 2.23. The molecule has 0 radical (unpaired) electrons. The van der Waals surface area contributed by atoms with Gasteiger partial charge in [-0.3, -0.25) is 4.90 Å². The minimum absolute atomic E-state index is 0.356. The second-order valence-corrected chi connectivity index (χ2v) is 6.97. The number of aryl methyl sites for hydroxylation is 1. The van der Waals surface area contributed by atoms with Crippen LogP contribution >= 0.6 is 0 Å². The molecule has 0 aliphatic carbocycles. The van der Waals surface area contributed by atoms with Crippen molar-refractivity contribution >= 4 is 5.96 Å². The van der Waals surface area contributed by atoms with Gasteiger partial charge in [-0.15, -0.1) is 10.2 Å². The van der Waals surface area contributed by atoms with E-state index in [0.717, 1.165) is 43.8 Å². The number of nitrogens with zero attached hydrogens (tertiary/aromatic N) is 5. The average Bonchev–Trinajstić information content (AvgIpc) is 3.32. The van der Waals surface area contributed by atoms with Crippen LogP contribution < -0.4 is 10.6 Å². The SMILES string of the molecule is CCNC(=NCc1nnc(C)n1C)NCC(c1ccccc1)N1CCCC1. The van der Waals surface area contributed by atoms with Gasteiger partial charge in [0, 0.05) is 20.1 Å². The molecule has 0 saturated carbocycles. The second kappa shape index (κ2) is 9.50. The zero-order chi connectivity index (χ0) is 19.1. The van der Waals surface area contributed by atoms with Gasteiger partial charge in [0.25, 0.3) is 0 Å². The number of rotatable bonds is 7. The molecular formula is C20H31N7. The molecule has 1 unspecified atom stereocenters. The van der Waals surface area contributed by atoms with Crippen LogP contribution in [0.4, 0.5) is 0 Å². The minimum atomic E-state index is 0.356. The Balaban J connectivity index is 1.68. The molecule has 7 nitrogen and oxygen atoms in total. The van der Waals surface area contributed by atoms with Crippen molar-refractivity contribution in [2.24, 2.45) is 12.0 Å². The van der Waals surface area contributed by atoms with Gasteiger partial charge in [0.2, 0.25) is 0 Å². The van der Waals surface area contributed by atoms with E-state index in [4.69, 9.17) is 4.99 Å². The van der Waals surface area contributed by atoms with E-state index in [1.165, 1.54) is 18.4 Å². The van der Waals surface area contributed by atoms with Crippen LogP contribution in [-0.2, 0) is 13.6 Å². The van der Waals surface area contributed by atoms with Crippen molar-refractivity contribution in [3.05, 3.63) is 47.5 Å². The number of hydrogen-bond acceptors (Lipinski definition) is 4. The topological polar surface area (TPSA) is 70.4 Å². The van der Waals surface area contributed by atoms with E-state index in [-0.39, 0.29) is 0 Å². The second-order valence-electron chi connectivity index (χ2n) is 6.97. The van der Waals surface area contributed by atoms with Gasteiger partial charge in [-0.05, 0) is 45.3 Å². The summed E-state index contributed by atoms with van der Waals surface area (Å²) in [6.45, 7) is 8.51. The zero-order valence-corrected chi connectivity index (χ0v) is 16.6. The van der Waals surface area contributed by atoms with Crippen LogP contribution in [0.2, 0.25) is 0 Å². The molecule has 0 spiro atoms. The number of aliphatic imine (C=N–C) groups is 1. The van der Waals surface area contributed by atoms with Crippen molar-refractivity contribution in [3.8, 4) is 0 Å². The molecule has 3 rings (SSSR count). The van der Waals surface area contributed by atoms with Crippen molar-refractivity contribution in [2.75, 3.05) is 26.2 Å². The van der Waals surface area contributed by atoms with Gasteiger partial charge in [-0.25, -0.2) is 4.99 Å². The molecule has 7 heteroatoms. The van der Waals surface area contributed by atoms with Gasteiger partial charge in [-0.2, -0.15) is 0 Å². The fraction of sp³-hybridized carbons (Fsp3) is 0.550. The Hall–Kier alpha value is -2.41. The van der Waals surface area contributed by atoms with Gasteiger partial charge >= 0.3 is 0 Å². The first kappa shape index (κ1) is 19.4. The lowest BCUT2D eigenvalue weighted by molar-refractivity contribution is 0.245. The summed E-state index contributed by atoms with van der Waals surface area (Å²) in [7, 11) is 1.97. The van der Waals surface area contributed by atoms with Crippen molar-refractivity contribution < 1.29 is 0 Å². The van der Waals surface area contributed by atoms with Crippen LogP contribution in [0.15, 0.2) is 35.3 Å². The molecule has 1 aromatic heterocycles. The summed E-state index contributed by atoms with van der Waals surface area (Å²) in [5.74, 6) is 2.58. The smallest absolute Gasteiger partial charge is 0.191 e. The average molecular weight is 370 g/mol. The number of aromatic nitrogens is 3. The molecule has 2 heterocycles. The van der Waals surface area contributed by atoms with Crippen molar-refractivity contribution in [2.45, 2.75) is 39.3 Å². The largest absolute Gasteiger partial charge is 0.357 e. The van der Waals surface area contributed by atoms with E-state index >= 15 is 0 Å². The van der Waals surface area contributed by atoms with E-state index in [0.29, 0.717) is 12.6 Å². The van der Waals surface area contributed by atoms with E-state index in [9.17, 15) is 0 Å². The molecule has 2 aromatic rings. The highest BCUT2D eigenvalue weighted by atomic mass is 15.3. The lowest BCUT2D eigenvalue weighted by atomic mass is 10.1. The molecular weight excluding hydrogens is 338 g/mol. The van der Waals surface area contributed by atoms with E-state index in [2.05, 4.69) is 63.0 Å². The molecule has 2 N–H and O–H groups in total. The fourth-order valence-corrected chi connectivity index (χ4v) is 3.46. The van der Waals surface area contributed by atoms with Crippen molar-refractivity contribution in [3.63, 3.8) is 0 Å². The lowest BCUT2D eigenvalue weighted by Gasteiger charge is -2.29. The van der Waals surface area contributed by atoms with Gasteiger partial charge < -0.3 is 15.2 Å². The predicted octanol–water partition coefficient (Wildman–Crippen LogP) is 2.02. The highest BCUT2D eigenvalue weighted by molar-refractivity contribution is 5.79. The van der Waals surface area contributed by atoms with Crippen LogP contribution in [-0.4, -0.2) is 51.8 Å². The van der Waals surface area contributed by atoms with Crippen LogP contribution in [0.3, 0.4) is 0 Å². The Morgan fingerprint density at radius 3 is 2.52 bits per heavy atom. The quantitative estimate of drug-likeness (QED) is 0.577. The highest BCUT2D eigenvalue weighted by Crippen LogP contribution is 2.24. The molecule has 146 valence electrons. The molecule has 1 aromatic carbocycles. The monoisotopic (exact) mass is 369 g/mol. The Bertz CT molecular complexity index is 732. The summed E-state index contributed by atoms with van der Waals surface area (Å²) in [5.41, 5.74) is 1.35. The standard InChI is InChI=1S/C20H31N7/c1-4-21-20(23-15-19-25-24-16(2)26(19)3)22-14-18(27-12-8-9-13-27)17-10-6-5-7-11-17/h5-7,10-11,18H,4,8-9,12-15H2,1-3H3,(H2,21,22,23). The molecule has 1 saturated heterocycles. The number of benzene rings is 1. The van der Waals surface area contributed by atoms with E-state index in [1.54, 1.807) is 0 Å². The maximum atomic E-state index is 4.70. The third-order valence-corrected chi connectivity index (χ3v) is 5.13. The van der Waals surface area contributed by atoms with Crippen LogP contribution in [0.5, 0.6) is 0 Å². The summed E-state index contributed by atoms with van der Waals surface area (Å²) in [6.07, 6.45) is 2.56. The summed E-state index contributed by atoms with van der Waals surface area (Å²) >= 11 is 0. The maximum Gasteiger partial charge on any atom is 0.191 e. The van der Waals surface area contributed by atoms with E-state index < -0.39 is 0 Å². The van der Waals surface area contributed by atoms with Crippen LogP contribution in [0.1, 0.15) is 43.0 Å². The number of nitrogens with one attached hydrogen (secondary N) is 2. The lowest BCUT2D eigenvalue weighted by Crippen LogP contribution is -2.42. The molecule has 27 heavy (non-hydrogen) atoms. The summed E-state index contributed by atoms with van der Waals surface area (Å²) in [5, 5.41) is 15.2. The van der Waals surface area contributed by atoms with Gasteiger partial charge in [0.1, 0.15) is 12.4 Å². The molecule has 1 aliphatic rings. The molecule has 1 aliphatic heterocycles. The molecule has 1 atom stereocenters. The third kappa shape index (κ3) is 5.07. The Kier molecular flexibility index (Phi) is 6.81. The first-order chi connectivity index (χ1) is 13.2. The summed E-state index contributed by atoms with van der Waals surface area (Å²) in [6, 6.07) is 11.1. The maximum absolute atomic E-state index is 4.70. The third-order valence-electron chi connectivity index (χ3n) is 5.13. The van der Waals surface area contributed by atoms with Crippen LogP contribution in [0.25, 0.3) is 0 Å². The number of hydrogen-bond donors (Lipinski definition) is 2. The fourth-order valence-electron chi connectivity index (χ4n) is 3.46. The van der Waals surface area contributed by atoms with Gasteiger partial charge in [0.05, 0.1) is 6.04 Å². The minimum Gasteiger partial charge on any atom is -0.357 e. The first-order valence-electron chi connectivity index (χ1n) is 9.85. The first-order valence-corrected chi connectivity index (χ1v) is 9.85. The van der Waals surface area contributed by atoms with E-state index in [1.807, 2.05) is 18.5 Å². The number of guanidine groups is 1. The predicted molar refractivity (Wildman–Crippen MR) is 109 cm³/mol. The number of likely N-dealkylation sites (tertiary alicyclic amines) is 1. The Morgan fingerprint density at radius 1 is 1.15 bits per heavy atom. The molecule has 1 fully saturated rings. The summed E-state index contributed by atoms with van der Waals surface area (Å²) in [4.78, 5) is 7.27. The van der Waals surface area contributed by atoms with Crippen LogP contribution in [0, 0.1) is 6.92 Å². The molecule has 0 bridgehead atoms. The van der Waals surface area contributed by atoms with Gasteiger partial charge in [0.15, 0.2) is 11.8 Å². The summed E-state index contributed by atoms with van der Waals surface area (Å²) < 4.78 is 1.98.